The summed E-state index contributed by atoms with van der Waals surface area (Å²) in [5, 5.41) is 3.37. The average Bonchev–Trinajstić information content (AvgIpc) is 2.74. The molecule has 0 aromatic carbocycles. The lowest BCUT2D eigenvalue weighted by Crippen LogP contribution is -2.21. The summed E-state index contributed by atoms with van der Waals surface area (Å²) in [4.78, 5) is 10.9. The lowest BCUT2D eigenvalue weighted by Gasteiger charge is -2.06. The molecule has 0 aliphatic rings. The molecular formula is C13H22N2O2. The topological polar surface area (TPSA) is 43.3 Å². The van der Waals surface area contributed by atoms with Crippen LogP contribution in [0.25, 0.3) is 0 Å². The Bertz CT molecular complexity index is 345. The molecular weight excluding hydrogens is 216 g/mol. The third-order valence-corrected chi connectivity index (χ3v) is 2.55. The molecule has 0 atom stereocenters. The molecule has 4 heteroatoms. The van der Waals surface area contributed by atoms with Gasteiger partial charge < -0.3 is 14.6 Å². The first-order valence-corrected chi connectivity index (χ1v) is 6.06. The molecule has 4 nitrogen and oxygen atoms in total. The summed E-state index contributed by atoms with van der Waals surface area (Å²) < 4.78 is 6.71. The van der Waals surface area contributed by atoms with Crippen LogP contribution in [0.1, 0.15) is 32.3 Å². The maximum Gasteiger partial charge on any atom is 0.305 e. The Morgan fingerprint density at radius 2 is 2.29 bits per heavy atom. The van der Waals surface area contributed by atoms with Crippen molar-refractivity contribution in [1.82, 2.24) is 9.88 Å². The van der Waals surface area contributed by atoms with Gasteiger partial charge in [0, 0.05) is 37.9 Å². The fourth-order valence-corrected chi connectivity index (χ4v) is 1.56. The maximum absolute atomic E-state index is 10.9. The number of rotatable bonds is 7. The van der Waals surface area contributed by atoms with Crippen molar-refractivity contribution in [1.29, 1.82) is 0 Å². The van der Waals surface area contributed by atoms with E-state index in [-0.39, 0.29) is 5.97 Å². The minimum Gasteiger partial charge on any atom is -0.469 e. The van der Waals surface area contributed by atoms with Gasteiger partial charge in [0.25, 0.3) is 0 Å². The summed E-state index contributed by atoms with van der Waals surface area (Å²) in [6.07, 6.45) is 5.47. The van der Waals surface area contributed by atoms with Crippen molar-refractivity contribution in [2.24, 2.45) is 0 Å². The fraction of sp³-hybridized carbons (Fsp3) is 0.615. The normalized spacial score (nSPS) is 10.8. The van der Waals surface area contributed by atoms with Crippen LogP contribution in [0.5, 0.6) is 0 Å². The molecule has 1 aromatic rings. The first kappa shape index (κ1) is 13.8. The van der Waals surface area contributed by atoms with E-state index in [1.165, 1.54) is 12.7 Å². The van der Waals surface area contributed by atoms with E-state index in [9.17, 15) is 4.79 Å². The fourth-order valence-electron chi connectivity index (χ4n) is 1.56. The standard InChI is InChI=1S/C13H22N2O2/c1-11(2)14-9-12-6-8-15(10-12)7-4-5-13(16)17-3/h6,8,10-11,14H,4-5,7,9H2,1-3H3. The molecule has 0 aliphatic carbocycles. The first-order valence-electron chi connectivity index (χ1n) is 6.06. The molecule has 0 saturated heterocycles. The molecule has 17 heavy (non-hydrogen) atoms. The summed E-state index contributed by atoms with van der Waals surface area (Å²) in [5.74, 6) is -0.140. The van der Waals surface area contributed by atoms with Crippen molar-refractivity contribution in [3.8, 4) is 0 Å². The molecule has 0 bridgehead atoms. The molecule has 0 fully saturated rings. The number of hydrogen-bond donors (Lipinski definition) is 1. The highest BCUT2D eigenvalue weighted by atomic mass is 16.5. The summed E-state index contributed by atoms with van der Waals surface area (Å²) >= 11 is 0. The Morgan fingerprint density at radius 1 is 1.53 bits per heavy atom. The quantitative estimate of drug-likeness (QED) is 0.738. The summed E-state index contributed by atoms with van der Waals surface area (Å²) in [6, 6.07) is 2.60. The molecule has 0 amide bonds. The smallest absolute Gasteiger partial charge is 0.305 e. The SMILES string of the molecule is COC(=O)CCCn1ccc(CNC(C)C)c1. The second kappa shape index (κ2) is 7.12. The van der Waals surface area contributed by atoms with Crippen molar-refractivity contribution in [2.75, 3.05) is 7.11 Å². The largest absolute Gasteiger partial charge is 0.469 e. The van der Waals surface area contributed by atoms with Gasteiger partial charge in [0.2, 0.25) is 0 Å². The van der Waals surface area contributed by atoms with Gasteiger partial charge in [0.1, 0.15) is 0 Å². The van der Waals surface area contributed by atoms with Gasteiger partial charge in [-0.15, -0.1) is 0 Å². The lowest BCUT2D eigenvalue weighted by molar-refractivity contribution is -0.140. The summed E-state index contributed by atoms with van der Waals surface area (Å²) in [6.45, 7) is 6.01. The maximum atomic E-state index is 10.9. The van der Waals surface area contributed by atoms with Crippen molar-refractivity contribution < 1.29 is 9.53 Å². The van der Waals surface area contributed by atoms with Crippen molar-refractivity contribution >= 4 is 5.97 Å². The number of methoxy groups -OCH3 is 1. The number of carbonyl (C=O) groups excluding carboxylic acids is 1. The molecule has 0 radical (unpaired) electrons. The van der Waals surface area contributed by atoms with Crippen LogP contribution in [0.4, 0.5) is 0 Å². The van der Waals surface area contributed by atoms with Crippen LogP contribution < -0.4 is 5.32 Å². The Kier molecular flexibility index (Phi) is 5.77. The minimum atomic E-state index is -0.140. The zero-order chi connectivity index (χ0) is 12.7. The molecule has 0 saturated carbocycles. The van der Waals surface area contributed by atoms with Gasteiger partial charge in [-0.25, -0.2) is 0 Å². The minimum absolute atomic E-state index is 0.140. The molecule has 0 spiro atoms. The Balaban J connectivity index is 2.28. The third kappa shape index (κ3) is 5.54. The molecule has 0 unspecified atom stereocenters. The van der Waals surface area contributed by atoms with Crippen LogP contribution in [-0.4, -0.2) is 23.7 Å². The molecule has 96 valence electrons. The number of ether oxygens (including phenoxy) is 1. The Labute approximate surface area is 103 Å². The summed E-state index contributed by atoms with van der Waals surface area (Å²) in [5.41, 5.74) is 1.27. The zero-order valence-corrected chi connectivity index (χ0v) is 10.9. The zero-order valence-electron chi connectivity index (χ0n) is 10.9. The third-order valence-electron chi connectivity index (χ3n) is 2.55. The van der Waals surface area contributed by atoms with Gasteiger partial charge in [-0.3, -0.25) is 4.79 Å². The molecule has 1 aromatic heterocycles. The first-order chi connectivity index (χ1) is 8.11. The van der Waals surface area contributed by atoms with Gasteiger partial charge in [-0.2, -0.15) is 0 Å². The van der Waals surface area contributed by atoms with Crippen LogP contribution in [0.2, 0.25) is 0 Å². The van der Waals surface area contributed by atoms with Gasteiger partial charge in [0.15, 0.2) is 0 Å². The van der Waals surface area contributed by atoms with E-state index in [0.29, 0.717) is 12.5 Å². The predicted octanol–water partition coefficient (Wildman–Crippen LogP) is 1.94. The van der Waals surface area contributed by atoms with E-state index < -0.39 is 0 Å². The van der Waals surface area contributed by atoms with Crippen molar-refractivity contribution in [3.05, 3.63) is 24.0 Å². The van der Waals surface area contributed by atoms with Crippen LogP contribution >= 0.6 is 0 Å². The second-order valence-electron chi connectivity index (χ2n) is 4.47. The van der Waals surface area contributed by atoms with Crippen LogP contribution in [-0.2, 0) is 22.6 Å². The van der Waals surface area contributed by atoms with Crippen LogP contribution in [0.15, 0.2) is 18.5 Å². The van der Waals surface area contributed by atoms with Crippen LogP contribution in [0, 0.1) is 0 Å². The molecule has 0 aliphatic heterocycles. The number of nitrogens with zero attached hydrogens (tertiary/aromatic N) is 1. The molecule has 1 N–H and O–H groups in total. The molecule has 1 heterocycles. The van der Waals surface area contributed by atoms with Crippen LogP contribution in [0.3, 0.4) is 0 Å². The van der Waals surface area contributed by atoms with E-state index in [1.54, 1.807) is 0 Å². The van der Waals surface area contributed by atoms with Crippen molar-refractivity contribution in [2.45, 2.75) is 45.8 Å². The van der Waals surface area contributed by atoms with Gasteiger partial charge in [0.05, 0.1) is 7.11 Å². The number of esters is 1. The van der Waals surface area contributed by atoms with Gasteiger partial charge in [-0.05, 0) is 18.1 Å². The second-order valence-corrected chi connectivity index (χ2v) is 4.47. The highest BCUT2D eigenvalue weighted by Crippen LogP contribution is 2.04. The van der Waals surface area contributed by atoms with Crippen molar-refractivity contribution in [3.63, 3.8) is 0 Å². The number of carbonyl (C=O) groups is 1. The monoisotopic (exact) mass is 238 g/mol. The molecule has 1 rings (SSSR count). The lowest BCUT2D eigenvalue weighted by atomic mass is 10.3. The van der Waals surface area contributed by atoms with E-state index in [2.05, 4.69) is 46.9 Å². The Hall–Kier alpha value is -1.29. The predicted molar refractivity (Wildman–Crippen MR) is 67.7 cm³/mol. The number of aryl methyl sites for hydroxylation is 1. The average molecular weight is 238 g/mol. The van der Waals surface area contributed by atoms with E-state index in [1.807, 2.05) is 0 Å². The van der Waals surface area contributed by atoms with Gasteiger partial charge >= 0.3 is 5.97 Å². The van der Waals surface area contributed by atoms with E-state index >= 15 is 0 Å². The number of hydrogen-bond acceptors (Lipinski definition) is 3. The highest BCUT2D eigenvalue weighted by Gasteiger charge is 2.01. The number of aromatic nitrogens is 1. The van der Waals surface area contributed by atoms with E-state index in [4.69, 9.17) is 0 Å². The van der Waals surface area contributed by atoms with E-state index in [0.717, 1.165) is 19.5 Å². The van der Waals surface area contributed by atoms with Gasteiger partial charge in [-0.1, -0.05) is 13.8 Å². The summed E-state index contributed by atoms with van der Waals surface area (Å²) in [7, 11) is 1.42. The number of nitrogens with one attached hydrogen (secondary N) is 1. The highest BCUT2D eigenvalue weighted by molar-refractivity contribution is 5.68. The Morgan fingerprint density at radius 3 is 2.94 bits per heavy atom.